The Kier molecular flexibility index (Phi) is 6.75. The molecule has 0 aliphatic heterocycles. The number of allylic oxidation sites excluding steroid dienone is 4. The van der Waals surface area contributed by atoms with Gasteiger partial charge in [-0.25, -0.2) is 13.4 Å². The van der Waals surface area contributed by atoms with E-state index in [0.717, 1.165) is 39.5 Å². The summed E-state index contributed by atoms with van der Waals surface area (Å²) in [6, 6.07) is 28.9. The normalized spacial score (nSPS) is 15.3. The van der Waals surface area contributed by atoms with Crippen molar-refractivity contribution in [3.05, 3.63) is 145 Å². The lowest BCUT2D eigenvalue weighted by Gasteiger charge is -2.41. The van der Waals surface area contributed by atoms with Crippen LogP contribution in [0.1, 0.15) is 23.2 Å². The zero-order valence-electron chi connectivity index (χ0n) is 23.8. The van der Waals surface area contributed by atoms with Crippen LogP contribution in [0.25, 0.3) is 27.3 Å². The molecule has 0 radical (unpaired) electrons. The van der Waals surface area contributed by atoms with Gasteiger partial charge in [-0.3, -0.25) is 9.08 Å². The zero-order chi connectivity index (χ0) is 29.6. The molecule has 1 atom stereocenters. The SMILES string of the molecule is Cc1nn(C(c2ccccc2)(c2ccccc2)C2C=CC=CC2)cc1-c1ccc2ncc(-c3ccc(S(C)(=O)=O)s3)n2c1. The molecule has 6 aromatic rings. The Morgan fingerprint density at radius 3 is 2.23 bits per heavy atom. The van der Waals surface area contributed by atoms with Crippen molar-refractivity contribution >= 4 is 26.8 Å². The molecule has 1 aliphatic rings. The second-order valence-electron chi connectivity index (χ2n) is 10.9. The molecule has 0 spiro atoms. The number of fused-ring (bicyclic) bond motifs is 1. The topological polar surface area (TPSA) is 69.3 Å². The van der Waals surface area contributed by atoms with Crippen LogP contribution in [-0.4, -0.2) is 33.8 Å². The van der Waals surface area contributed by atoms with Gasteiger partial charge in [-0.1, -0.05) is 85.0 Å². The summed E-state index contributed by atoms with van der Waals surface area (Å²) in [6.45, 7) is 2.06. The number of nitrogens with zero attached hydrogens (tertiary/aromatic N) is 4. The molecule has 4 aromatic heterocycles. The van der Waals surface area contributed by atoms with E-state index in [2.05, 4.69) is 120 Å². The molecule has 1 unspecified atom stereocenters. The Morgan fingerprint density at radius 2 is 1.60 bits per heavy atom. The lowest BCUT2D eigenvalue weighted by atomic mass is 9.70. The van der Waals surface area contributed by atoms with E-state index < -0.39 is 15.4 Å². The standard InChI is InChI=1S/C35H30N4O2S2/c1-25-30(26-18-20-33-36-22-31(38(33)23-26)32-19-21-34(42-32)43(2,40)41)24-39(37-25)35(27-12-6-3-7-13-27,28-14-8-4-9-15-28)29-16-10-5-11-17-29/h3-16,18-24,29H,17H2,1-2H3. The minimum absolute atomic E-state index is 0.139. The third-order valence-corrected chi connectivity index (χ3v) is 11.1. The lowest BCUT2D eigenvalue weighted by Crippen LogP contribution is -2.43. The predicted octanol–water partition coefficient (Wildman–Crippen LogP) is 7.56. The summed E-state index contributed by atoms with van der Waals surface area (Å²) < 4.78 is 28.8. The van der Waals surface area contributed by atoms with Crippen LogP contribution in [-0.2, 0) is 15.4 Å². The first-order valence-corrected chi connectivity index (χ1v) is 16.9. The highest BCUT2D eigenvalue weighted by molar-refractivity contribution is 7.92. The number of pyridine rings is 1. The van der Waals surface area contributed by atoms with Crippen LogP contribution < -0.4 is 0 Å². The smallest absolute Gasteiger partial charge is 0.184 e. The van der Waals surface area contributed by atoms with Gasteiger partial charge >= 0.3 is 0 Å². The van der Waals surface area contributed by atoms with E-state index in [1.165, 1.54) is 28.7 Å². The summed E-state index contributed by atoms with van der Waals surface area (Å²) in [5.74, 6) is 0.139. The number of imidazole rings is 1. The number of hydrogen-bond donors (Lipinski definition) is 0. The summed E-state index contributed by atoms with van der Waals surface area (Å²) >= 11 is 1.26. The van der Waals surface area contributed by atoms with Gasteiger partial charge in [0.05, 0.1) is 22.5 Å². The molecule has 43 heavy (non-hydrogen) atoms. The highest BCUT2D eigenvalue weighted by Gasteiger charge is 2.44. The van der Waals surface area contributed by atoms with E-state index in [4.69, 9.17) is 5.10 Å². The van der Waals surface area contributed by atoms with Gasteiger partial charge < -0.3 is 0 Å². The second-order valence-corrected chi connectivity index (χ2v) is 14.2. The Bertz CT molecular complexity index is 2060. The number of aryl methyl sites for hydroxylation is 1. The first-order chi connectivity index (χ1) is 20.9. The fourth-order valence-corrected chi connectivity index (χ4v) is 8.14. The predicted molar refractivity (Wildman–Crippen MR) is 173 cm³/mol. The van der Waals surface area contributed by atoms with E-state index in [9.17, 15) is 8.42 Å². The molecule has 214 valence electrons. The summed E-state index contributed by atoms with van der Waals surface area (Å²) in [5.41, 5.74) is 6.36. The van der Waals surface area contributed by atoms with Crippen molar-refractivity contribution in [2.45, 2.75) is 23.1 Å². The van der Waals surface area contributed by atoms with Crippen LogP contribution in [0.4, 0.5) is 0 Å². The Balaban J connectivity index is 1.41. The number of benzene rings is 2. The average molecular weight is 603 g/mol. The van der Waals surface area contributed by atoms with Crippen LogP contribution in [0.2, 0.25) is 0 Å². The van der Waals surface area contributed by atoms with E-state index >= 15 is 0 Å². The molecular weight excluding hydrogens is 573 g/mol. The van der Waals surface area contributed by atoms with Gasteiger partial charge in [0, 0.05) is 35.7 Å². The minimum atomic E-state index is -3.28. The first kappa shape index (κ1) is 27.3. The molecular formula is C35H30N4O2S2. The van der Waals surface area contributed by atoms with Crippen LogP contribution in [0.5, 0.6) is 0 Å². The summed E-state index contributed by atoms with van der Waals surface area (Å²) in [6.07, 6.45) is 16.9. The molecule has 0 N–H and O–H groups in total. The number of rotatable bonds is 7. The van der Waals surface area contributed by atoms with Crippen LogP contribution >= 0.6 is 11.3 Å². The maximum atomic E-state index is 12.1. The summed E-state index contributed by atoms with van der Waals surface area (Å²) in [4.78, 5) is 5.44. The molecule has 2 aromatic carbocycles. The Labute approximate surface area is 255 Å². The molecule has 0 saturated heterocycles. The van der Waals surface area contributed by atoms with Gasteiger partial charge in [0.25, 0.3) is 0 Å². The summed E-state index contributed by atoms with van der Waals surface area (Å²) in [5, 5.41) is 5.24. The van der Waals surface area contributed by atoms with Crippen LogP contribution in [0.15, 0.2) is 132 Å². The van der Waals surface area contributed by atoms with Crippen molar-refractivity contribution in [1.29, 1.82) is 0 Å². The lowest BCUT2D eigenvalue weighted by molar-refractivity contribution is 0.292. The van der Waals surface area contributed by atoms with E-state index in [-0.39, 0.29) is 5.92 Å². The van der Waals surface area contributed by atoms with Crippen LogP contribution in [0, 0.1) is 12.8 Å². The van der Waals surface area contributed by atoms with Crippen molar-refractivity contribution in [3.8, 4) is 21.7 Å². The highest BCUT2D eigenvalue weighted by Crippen LogP contribution is 2.45. The Hall–Kier alpha value is -4.53. The van der Waals surface area contributed by atoms with Crippen molar-refractivity contribution in [3.63, 3.8) is 0 Å². The van der Waals surface area contributed by atoms with Gasteiger partial charge in [-0.15, -0.1) is 11.3 Å². The molecule has 6 nitrogen and oxygen atoms in total. The maximum Gasteiger partial charge on any atom is 0.184 e. The largest absolute Gasteiger partial charge is 0.298 e. The van der Waals surface area contributed by atoms with E-state index in [1.54, 1.807) is 12.3 Å². The number of sulfone groups is 1. The number of thiophene rings is 1. The van der Waals surface area contributed by atoms with Crippen molar-refractivity contribution < 1.29 is 8.42 Å². The highest BCUT2D eigenvalue weighted by atomic mass is 32.2. The molecule has 0 saturated carbocycles. The average Bonchev–Trinajstić information content (AvgIpc) is 3.78. The van der Waals surface area contributed by atoms with Gasteiger partial charge in [0.1, 0.15) is 15.4 Å². The molecule has 0 fully saturated rings. The second kappa shape index (κ2) is 10.6. The summed E-state index contributed by atoms with van der Waals surface area (Å²) in [7, 11) is -3.28. The zero-order valence-corrected chi connectivity index (χ0v) is 25.5. The van der Waals surface area contributed by atoms with Gasteiger partial charge in [0.15, 0.2) is 9.84 Å². The third-order valence-electron chi connectivity index (χ3n) is 8.22. The molecule has 8 heteroatoms. The van der Waals surface area contributed by atoms with Crippen molar-refractivity contribution in [2.75, 3.05) is 6.26 Å². The molecule has 4 heterocycles. The minimum Gasteiger partial charge on any atom is -0.298 e. The van der Waals surface area contributed by atoms with Gasteiger partial charge in [-0.05, 0) is 48.7 Å². The van der Waals surface area contributed by atoms with Crippen LogP contribution in [0.3, 0.4) is 0 Å². The molecule has 1 aliphatic carbocycles. The maximum absolute atomic E-state index is 12.1. The molecule has 0 amide bonds. The first-order valence-electron chi connectivity index (χ1n) is 14.1. The van der Waals surface area contributed by atoms with E-state index in [0.29, 0.717) is 4.21 Å². The molecule has 7 rings (SSSR count). The number of aromatic nitrogens is 4. The van der Waals surface area contributed by atoms with Gasteiger partial charge in [-0.2, -0.15) is 5.10 Å². The Morgan fingerprint density at radius 1 is 0.884 bits per heavy atom. The quantitative estimate of drug-likeness (QED) is 0.189. The fraction of sp³-hybridized carbons (Fsp3) is 0.143. The number of hydrogen-bond acceptors (Lipinski definition) is 5. The van der Waals surface area contributed by atoms with Crippen molar-refractivity contribution in [2.24, 2.45) is 5.92 Å². The monoisotopic (exact) mass is 602 g/mol. The van der Waals surface area contributed by atoms with Crippen molar-refractivity contribution in [1.82, 2.24) is 19.2 Å². The third kappa shape index (κ3) is 4.67. The molecule has 0 bridgehead atoms. The van der Waals surface area contributed by atoms with E-state index in [1.807, 2.05) is 16.5 Å². The fourth-order valence-electron chi connectivity index (χ4n) is 6.21. The van der Waals surface area contributed by atoms with Gasteiger partial charge in [0.2, 0.25) is 0 Å².